The number of rotatable bonds is 5. The van der Waals surface area contributed by atoms with Crippen molar-refractivity contribution in [1.82, 2.24) is 4.72 Å². The molecule has 2 aromatic carbocycles. The van der Waals surface area contributed by atoms with E-state index in [1.54, 1.807) is 12.1 Å². The number of benzene rings is 2. The van der Waals surface area contributed by atoms with Crippen molar-refractivity contribution < 1.29 is 31.5 Å². The van der Waals surface area contributed by atoms with Crippen molar-refractivity contribution in [3.63, 3.8) is 0 Å². The number of hydrogen-bond donors (Lipinski definition) is 3. The standard InChI is InChI=1S/C15H14ClN3O7S2/c16-9-5-10-13(6-12(9)27(17,22)23)28(24,25)19-15(18-10)8-3-1-2-4-11(8)26-7-14(20)21/h1-6,15,18-19H,7H2,(H,20,21)(H2,17,22,23)/p-1/t15-/m0/s1. The third kappa shape index (κ3) is 4.05. The van der Waals surface area contributed by atoms with Crippen LogP contribution in [0.5, 0.6) is 5.75 Å². The van der Waals surface area contributed by atoms with Gasteiger partial charge in [-0.3, -0.25) is 0 Å². The van der Waals surface area contributed by atoms with Crippen LogP contribution in [0.15, 0.2) is 46.2 Å². The van der Waals surface area contributed by atoms with Crippen molar-refractivity contribution in [2.75, 3.05) is 11.9 Å². The highest BCUT2D eigenvalue weighted by molar-refractivity contribution is 7.90. The number of carboxylic acid groups (broad SMARTS) is 1. The van der Waals surface area contributed by atoms with Crippen molar-refractivity contribution in [2.45, 2.75) is 16.0 Å². The first-order valence-corrected chi connectivity index (χ1v) is 11.0. The number of carbonyl (C=O) groups excluding carboxylic acids is 1. The molecule has 4 N–H and O–H groups in total. The van der Waals surface area contributed by atoms with Gasteiger partial charge in [-0.2, -0.15) is 4.72 Å². The van der Waals surface area contributed by atoms with E-state index in [0.29, 0.717) is 5.56 Å². The summed E-state index contributed by atoms with van der Waals surface area (Å²) in [6.07, 6.45) is -1.04. The number of fused-ring (bicyclic) bond motifs is 1. The van der Waals surface area contributed by atoms with Gasteiger partial charge in [0, 0.05) is 5.56 Å². The Morgan fingerprint density at radius 3 is 2.61 bits per heavy atom. The molecule has 2 aromatic rings. The van der Waals surface area contributed by atoms with Gasteiger partial charge in [0.2, 0.25) is 20.0 Å². The van der Waals surface area contributed by atoms with E-state index in [-0.39, 0.29) is 21.4 Å². The van der Waals surface area contributed by atoms with Crippen LogP contribution in [0, 0.1) is 0 Å². The van der Waals surface area contributed by atoms with E-state index in [9.17, 15) is 26.7 Å². The lowest BCUT2D eigenvalue weighted by Gasteiger charge is -2.30. The topological polar surface area (TPSA) is 168 Å². The number of sulfonamides is 2. The molecule has 13 heteroatoms. The van der Waals surface area contributed by atoms with Crippen molar-refractivity contribution in [1.29, 1.82) is 0 Å². The molecule has 0 fully saturated rings. The van der Waals surface area contributed by atoms with Crippen molar-refractivity contribution >= 4 is 43.3 Å². The average molecular weight is 447 g/mol. The van der Waals surface area contributed by atoms with Gasteiger partial charge in [0.05, 0.1) is 16.7 Å². The summed E-state index contributed by atoms with van der Waals surface area (Å²) >= 11 is 5.94. The normalized spacial score (nSPS) is 18.0. The number of carbonyl (C=O) groups is 1. The predicted octanol–water partition coefficient (Wildman–Crippen LogP) is -0.481. The molecular formula is C15H13ClN3O7S2-. The number of carboxylic acids is 1. The zero-order valence-electron chi connectivity index (χ0n) is 13.9. The molecule has 0 bridgehead atoms. The Kier molecular flexibility index (Phi) is 5.25. The third-order valence-corrected chi connectivity index (χ3v) is 6.62. The molecule has 0 saturated heterocycles. The molecular weight excluding hydrogens is 434 g/mol. The van der Waals surface area contributed by atoms with Gasteiger partial charge in [-0.15, -0.1) is 0 Å². The van der Waals surface area contributed by atoms with E-state index in [4.69, 9.17) is 21.5 Å². The summed E-state index contributed by atoms with van der Waals surface area (Å²) in [4.78, 5) is 9.75. The summed E-state index contributed by atoms with van der Waals surface area (Å²) in [5, 5.41) is 18.3. The molecule has 1 aliphatic heterocycles. The van der Waals surface area contributed by atoms with Crippen LogP contribution in [0.2, 0.25) is 5.02 Å². The fourth-order valence-electron chi connectivity index (χ4n) is 2.62. The third-order valence-electron chi connectivity index (χ3n) is 3.78. The van der Waals surface area contributed by atoms with Gasteiger partial charge >= 0.3 is 0 Å². The largest absolute Gasteiger partial charge is 0.546 e. The van der Waals surface area contributed by atoms with Crippen LogP contribution < -0.4 is 25.0 Å². The van der Waals surface area contributed by atoms with Gasteiger partial charge in [-0.05, 0) is 18.2 Å². The zero-order valence-corrected chi connectivity index (χ0v) is 16.3. The van der Waals surface area contributed by atoms with Gasteiger partial charge in [-0.25, -0.2) is 22.0 Å². The summed E-state index contributed by atoms with van der Waals surface area (Å²) < 4.78 is 56.0. The van der Waals surface area contributed by atoms with Gasteiger partial charge in [0.15, 0.2) is 0 Å². The van der Waals surface area contributed by atoms with E-state index >= 15 is 0 Å². The van der Waals surface area contributed by atoms with Crippen LogP contribution in [0.25, 0.3) is 0 Å². The number of hydrogen-bond acceptors (Lipinski definition) is 8. The average Bonchev–Trinajstić information content (AvgIpc) is 2.57. The number of aliphatic carboxylic acids is 1. The second kappa shape index (κ2) is 7.22. The van der Waals surface area contributed by atoms with Crippen LogP contribution in [0.4, 0.5) is 5.69 Å². The van der Waals surface area contributed by atoms with Gasteiger partial charge in [0.1, 0.15) is 28.3 Å². The van der Waals surface area contributed by atoms with E-state index < -0.39 is 43.7 Å². The molecule has 1 atom stereocenters. The van der Waals surface area contributed by atoms with Crippen molar-refractivity contribution in [3.05, 3.63) is 47.0 Å². The zero-order chi connectivity index (χ0) is 20.7. The highest BCUT2D eigenvalue weighted by Gasteiger charge is 2.33. The molecule has 1 heterocycles. The number of ether oxygens (including phenoxy) is 1. The summed E-state index contributed by atoms with van der Waals surface area (Å²) in [7, 11) is -8.40. The van der Waals surface area contributed by atoms with Crippen molar-refractivity contribution in [3.8, 4) is 5.75 Å². The second-order valence-corrected chi connectivity index (χ2v) is 9.34. The predicted molar refractivity (Wildman–Crippen MR) is 96.5 cm³/mol. The molecule has 3 rings (SSSR count). The number of primary sulfonamides is 1. The number of halogens is 1. The number of nitrogens with one attached hydrogen (secondary N) is 2. The lowest BCUT2D eigenvalue weighted by Crippen LogP contribution is -2.39. The maximum Gasteiger partial charge on any atom is 0.244 e. The Morgan fingerprint density at radius 1 is 1.29 bits per heavy atom. The van der Waals surface area contributed by atoms with E-state index in [1.165, 1.54) is 12.1 Å². The minimum Gasteiger partial charge on any atom is -0.546 e. The van der Waals surface area contributed by atoms with Crippen LogP contribution in [0.1, 0.15) is 11.7 Å². The molecule has 1 aliphatic rings. The maximum atomic E-state index is 12.6. The van der Waals surface area contributed by atoms with E-state index in [0.717, 1.165) is 12.1 Å². The van der Waals surface area contributed by atoms with Crippen LogP contribution >= 0.6 is 11.6 Å². The fourth-order valence-corrected chi connectivity index (χ4v) is 5.10. The highest BCUT2D eigenvalue weighted by Crippen LogP contribution is 2.38. The second-order valence-electron chi connectivity index (χ2n) is 5.72. The van der Waals surface area contributed by atoms with Gasteiger partial charge in [-0.1, -0.05) is 29.8 Å². The lowest BCUT2D eigenvalue weighted by molar-refractivity contribution is -0.307. The monoisotopic (exact) mass is 446 g/mol. The molecule has 0 aliphatic carbocycles. The summed E-state index contributed by atoms with van der Waals surface area (Å²) in [5.74, 6) is -1.33. The minimum atomic E-state index is -4.24. The Morgan fingerprint density at radius 2 is 1.96 bits per heavy atom. The summed E-state index contributed by atoms with van der Waals surface area (Å²) in [6.45, 7) is -0.726. The Bertz CT molecular complexity index is 1170. The highest BCUT2D eigenvalue weighted by atomic mass is 35.5. The number of anilines is 1. The molecule has 0 spiro atoms. The van der Waals surface area contributed by atoms with Gasteiger partial charge < -0.3 is 20.0 Å². The van der Waals surface area contributed by atoms with Crippen LogP contribution in [-0.2, 0) is 24.8 Å². The summed E-state index contributed by atoms with van der Waals surface area (Å²) in [6, 6.07) is 8.15. The molecule has 150 valence electrons. The lowest BCUT2D eigenvalue weighted by atomic mass is 10.1. The van der Waals surface area contributed by atoms with E-state index in [1.807, 2.05) is 0 Å². The van der Waals surface area contributed by atoms with Crippen LogP contribution in [0.3, 0.4) is 0 Å². The summed E-state index contributed by atoms with van der Waals surface area (Å²) in [5.41, 5.74) is 0.334. The Balaban J connectivity index is 2.06. The Labute approximate surface area is 165 Å². The molecule has 0 amide bonds. The number of para-hydroxylation sites is 1. The quantitative estimate of drug-likeness (QED) is 0.553. The smallest absolute Gasteiger partial charge is 0.244 e. The first-order chi connectivity index (χ1) is 13.0. The molecule has 10 nitrogen and oxygen atoms in total. The first kappa shape index (κ1) is 20.4. The SMILES string of the molecule is NS(=O)(=O)c1cc2c(cc1Cl)N[C@H](c1ccccc1OCC(=O)[O-])NS2(=O)=O. The molecule has 0 unspecified atom stereocenters. The number of nitrogens with two attached hydrogens (primary N) is 1. The van der Waals surface area contributed by atoms with E-state index in [2.05, 4.69) is 10.0 Å². The molecule has 0 radical (unpaired) electrons. The van der Waals surface area contributed by atoms with Crippen LogP contribution in [-0.4, -0.2) is 29.4 Å². The fraction of sp³-hybridized carbons (Fsp3) is 0.133. The minimum absolute atomic E-state index is 0.0378. The maximum absolute atomic E-state index is 12.6. The van der Waals surface area contributed by atoms with Gasteiger partial charge in [0.25, 0.3) is 0 Å². The molecule has 0 saturated carbocycles. The Hall–Kier alpha value is -2.38. The molecule has 0 aromatic heterocycles. The first-order valence-electron chi connectivity index (χ1n) is 7.56. The molecule has 28 heavy (non-hydrogen) atoms. The van der Waals surface area contributed by atoms with Crippen molar-refractivity contribution in [2.24, 2.45) is 5.14 Å².